The van der Waals surface area contributed by atoms with Crippen molar-refractivity contribution in [2.24, 2.45) is 0 Å². The van der Waals surface area contributed by atoms with Crippen LogP contribution in [0.3, 0.4) is 0 Å². The van der Waals surface area contributed by atoms with Crippen LogP contribution in [0.5, 0.6) is 0 Å². The van der Waals surface area contributed by atoms with Crippen LogP contribution in [0.2, 0.25) is 5.02 Å². The zero-order valence-corrected chi connectivity index (χ0v) is 15.3. The second-order valence-corrected chi connectivity index (χ2v) is 6.18. The first-order chi connectivity index (χ1) is 13.4. The molecule has 1 aromatic heterocycles. The SMILES string of the molecule is Cc1c(C(=O)NNC(=O)c2ccc([N+](=O)[O-])cc2)cnn1-c1cccc(Cl)c1. The average molecular weight is 400 g/mol. The van der Waals surface area contributed by atoms with Crippen molar-refractivity contribution in [2.45, 2.75) is 6.92 Å². The number of hydrogen-bond acceptors (Lipinski definition) is 5. The Hall–Kier alpha value is -3.72. The van der Waals surface area contributed by atoms with Crippen LogP contribution in [0.4, 0.5) is 5.69 Å². The van der Waals surface area contributed by atoms with Gasteiger partial charge in [0.05, 0.1) is 28.1 Å². The number of halogens is 1. The molecule has 2 N–H and O–H groups in total. The third-order valence-electron chi connectivity index (χ3n) is 3.94. The molecule has 0 bridgehead atoms. The molecule has 1 heterocycles. The molecule has 3 rings (SSSR count). The molecule has 142 valence electrons. The summed E-state index contributed by atoms with van der Waals surface area (Å²) in [5.74, 6) is -1.16. The highest BCUT2D eigenvalue weighted by Gasteiger charge is 2.16. The lowest BCUT2D eigenvalue weighted by Gasteiger charge is -2.08. The molecule has 0 atom stereocenters. The van der Waals surface area contributed by atoms with Crippen LogP contribution in [0.25, 0.3) is 5.69 Å². The van der Waals surface area contributed by atoms with Crippen LogP contribution < -0.4 is 10.9 Å². The van der Waals surface area contributed by atoms with E-state index >= 15 is 0 Å². The number of nitrogens with zero attached hydrogens (tertiary/aromatic N) is 3. The fourth-order valence-corrected chi connectivity index (χ4v) is 2.67. The molecule has 3 aromatic rings. The minimum Gasteiger partial charge on any atom is -0.267 e. The van der Waals surface area contributed by atoms with Crippen LogP contribution in [-0.2, 0) is 0 Å². The van der Waals surface area contributed by atoms with Crippen LogP contribution in [0.15, 0.2) is 54.7 Å². The Labute approximate surface area is 164 Å². The van der Waals surface area contributed by atoms with E-state index in [0.29, 0.717) is 16.4 Å². The molecule has 9 nitrogen and oxygen atoms in total. The number of hydrazine groups is 1. The fraction of sp³-hybridized carbons (Fsp3) is 0.0556. The molecule has 0 saturated carbocycles. The predicted molar refractivity (Wildman–Crippen MR) is 101 cm³/mol. The van der Waals surface area contributed by atoms with E-state index in [1.54, 1.807) is 35.9 Å². The molecule has 10 heteroatoms. The first-order valence-electron chi connectivity index (χ1n) is 8.02. The molecule has 0 saturated heterocycles. The van der Waals surface area contributed by atoms with Crippen molar-refractivity contribution >= 4 is 29.1 Å². The Balaban J connectivity index is 1.68. The van der Waals surface area contributed by atoms with Crippen molar-refractivity contribution in [3.05, 3.63) is 86.7 Å². The zero-order valence-electron chi connectivity index (χ0n) is 14.5. The Bertz CT molecular complexity index is 1060. The summed E-state index contributed by atoms with van der Waals surface area (Å²) in [5, 5.41) is 15.4. The van der Waals surface area contributed by atoms with Crippen molar-refractivity contribution in [1.29, 1.82) is 0 Å². The lowest BCUT2D eigenvalue weighted by molar-refractivity contribution is -0.384. The normalized spacial score (nSPS) is 10.4. The largest absolute Gasteiger partial charge is 0.273 e. The van der Waals surface area contributed by atoms with Gasteiger partial charge in [0.2, 0.25) is 0 Å². The second kappa shape index (κ2) is 7.89. The van der Waals surface area contributed by atoms with E-state index in [0.717, 1.165) is 0 Å². The number of rotatable bonds is 4. The molecule has 0 aliphatic rings. The van der Waals surface area contributed by atoms with Gasteiger partial charge in [-0.1, -0.05) is 17.7 Å². The molecule has 0 spiro atoms. The topological polar surface area (TPSA) is 119 Å². The standard InChI is InChI=1S/C18H14ClN5O4/c1-11-16(10-20-23(11)15-4-2-3-13(19)9-15)18(26)22-21-17(25)12-5-7-14(8-6-12)24(27)28/h2-10H,1H3,(H,21,25)(H,22,26). The Morgan fingerprint density at radius 1 is 1.11 bits per heavy atom. The molecule has 2 aromatic carbocycles. The number of aromatic nitrogens is 2. The Morgan fingerprint density at radius 3 is 2.43 bits per heavy atom. The lowest BCUT2D eigenvalue weighted by atomic mass is 10.2. The summed E-state index contributed by atoms with van der Waals surface area (Å²) < 4.78 is 1.55. The summed E-state index contributed by atoms with van der Waals surface area (Å²) >= 11 is 5.98. The van der Waals surface area contributed by atoms with E-state index in [-0.39, 0.29) is 16.8 Å². The number of nitrogens with one attached hydrogen (secondary N) is 2. The highest BCUT2D eigenvalue weighted by atomic mass is 35.5. The van der Waals surface area contributed by atoms with Gasteiger partial charge in [-0.05, 0) is 37.3 Å². The van der Waals surface area contributed by atoms with Crippen LogP contribution in [-0.4, -0.2) is 26.5 Å². The van der Waals surface area contributed by atoms with Crippen molar-refractivity contribution in [1.82, 2.24) is 20.6 Å². The summed E-state index contributed by atoms with van der Waals surface area (Å²) in [4.78, 5) is 34.5. The quantitative estimate of drug-likeness (QED) is 0.516. The number of carbonyl (C=O) groups is 2. The maximum atomic E-state index is 12.4. The van der Waals surface area contributed by atoms with Gasteiger partial charge in [0, 0.05) is 22.7 Å². The van der Waals surface area contributed by atoms with Crippen LogP contribution in [0, 0.1) is 17.0 Å². The van der Waals surface area contributed by atoms with Gasteiger partial charge in [0.15, 0.2) is 0 Å². The summed E-state index contributed by atoms with van der Waals surface area (Å²) in [6.07, 6.45) is 1.38. The van der Waals surface area contributed by atoms with Gasteiger partial charge in [0.1, 0.15) is 0 Å². The zero-order chi connectivity index (χ0) is 20.3. The smallest absolute Gasteiger partial charge is 0.267 e. The number of benzene rings is 2. The summed E-state index contributed by atoms with van der Waals surface area (Å²) in [7, 11) is 0. The van der Waals surface area contributed by atoms with E-state index in [9.17, 15) is 19.7 Å². The van der Waals surface area contributed by atoms with E-state index in [2.05, 4.69) is 16.0 Å². The van der Waals surface area contributed by atoms with Gasteiger partial charge in [0.25, 0.3) is 17.5 Å². The highest BCUT2D eigenvalue weighted by Crippen LogP contribution is 2.18. The number of non-ortho nitro benzene ring substituents is 1. The lowest BCUT2D eigenvalue weighted by Crippen LogP contribution is -2.41. The highest BCUT2D eigenvalue weighted by molar-refractivity contribution is 6.30. The summed E-state index contributed by atoms with van der Waals surface area (Å²) in [6.45, 7) is 1.71. The van der Waals surface area contributed by atoms with Crippen molar-refractivity contribution in [3.8, 4) is 5.69 Å². The fourth-order valence-electron chi connectivity index (χ4n) is 2.49. The number of nitro groups is 1. The van der Waals surface area contributed by atoms with Crippen LogP contribution >= 0.6 is 11.6 Å². The van der Waals surface area contributed by atoms with E-state index in [1.165, 1.54) is 30.5 Å². The molecule has 0 aliphatic heterocycles. The van der Waals surface area contributed by atoms with E-state index in [4.69, 9.17) is 11.6 Å². The van der Waals surface area contributed by atoms with Gasteiger partial charge in [-0.2, -0.15) is 5.10 Å². The van der Waals surface area contributed by atoms with Crippen molar-refractivity contribution < 1.29 is 14.5 Å². The molecule has 0 radical (unpaired) electrons. The van der Waals surface area contributed by atoms with Gasteiger partial charge < -0.3 is 0 Å². The average Bonchev–Trinajstić information content (AvgIpc) is 3.07. The molecule has 0 unspecified atom stereocenters. The molecule has 2 amide bonds. The monoisotopic (exact) mass is 399 g/mol. The number of hydrogen-bond donors (Lipinski definition) is 2. The third kappa shape index (κ3) is 3.99. The first-order valence-corrected chi connectivity index (χ1v) is 8.40. The molecular weight excluding hydrogens is 386 g/mol. The van der Waals surface area contributed by atoms with Gasteiger partial charge in [-0.3, -0.25) is 30.6 Å². The summed E-state index contributed by atoms with van der Waals surface area (Å²) in [5.41, 5.74) is 6.11. The van der Waals surface area contributed by atoms with Crippen LogP contribution in [0.1, 0.15) is 26.4 Å². The second-order valence-electron chi connectivity index (χ2n) is 5.75. The molecule has 0 fully saturated rings. The number of carbonyl (C=O) groups excluding carboxylic acids is 2. The maximum Gasteiger partial charge on any atom is 0.273 e. The van der Waals surface area contributed by atoms with Gasteiger partial charge in [-0.15, -0.1) is 0 Å². The van der Waals surface area contributed by atoms with E-state index < -0.39 is 16.7 Å². The van der Waals surface area contributed by atoms with Crippen molar-refractivity contribution in [3.63, 3.8) is 0 Å². The Kier molecular flexibility index (Phi) is 5.37. The van der Waals surface area contributed by atoms with Gasteiger partial charge in [-0.25, -0.2) is 4.68 Å². The van der Waals surface area contributed by atoms with Crippen molar-refractivity contribution in [2.75, 3.05) is 0 Å². The first kappa shape index (κ1) is 19.1. The maximum absolute atomic E-state index is 12.4. The minimum atomic E-state index is -0.608. The molecule has 28 heavy (non-hydrogen) atoms. The Morgan fingerprint density at radius 2 is 1.79 bits per heavy atom. The predicted octanol–water partition coefficient (Wildman–Crippen LogP) is 2.82. The molecular formula is C18H14ClN5O4. The third-order valence-corrected chi connectivity index (χ3v) is 4.17. The van der Waals surface area contributed by atoms with E-state index in [1.807, 2.05) is 0 Å². The number of amides is 2. The summed E-state index contributed by atoms with van der Waals surface area (Å²) in [6, 6.07) is 12.0. The molecule has 0 aliphatic carbocycles. The number of nitro benzene ring substituents is 1. The van der Waals surface area contributed by atoms with Gasteiger partial charge >= 0.3 is 0 Å². The minimum absolute atomic E-state index is 0.135.